The molecule has 4 aromatic rings. The summed E-state index contributed by atoms with van der Waals surface area (Å²) in [7, 11) is 0. The Morgan fingerprint density at radius 1 is 1.17 bits per heavy atom. The van der Waals surface area contributed by atoms with Crippen molar-refractivity contribution in [3.8, 4) is 16.9 Å². The van der Waals surface area contributed by atoms with Gasteiger partial charge >= 0.3 is 5.69 Å². The summed E-state index contributed by atoms with van der Waals surface area (Å²) in [5.41, 5.74) is 18.5. The molecule has 0 radical (unpaired) electrons. The first-order valence-corrected chi connectivity index (χ1v) is 16.1. The Kier molecular flexibility index (Phi) is 9.82. The van der Waals surface area contributed by atoms with Crippen LogP contribution in [0.1, 0.15) is 75.1 Å². The van der Waals surface area contributed by atoms with E-state index in [1.807, 2.05) is 18.3 Å². The van der Waals surface area contributed by atoms with E-state index in [1.165, 1.54) is 34.9 Å². The Hall–Kier alpha value is -3.40. The van der Waals surface area contributed by atoms with Crippen LogP contribution in [-0.2, 0) is 12.8 Å². The molecule has 42 heavy (non-hydrogen) atoms. The lowest BCUT2D eigenvalue weighted by Crippen LogP contribution is -2.37. The van der Waals surface area contributed by atoms with E-state index in [2.05, 4.69) is 65.5 Å². The Balaban J connectivity index is 1.34. The molecular weight excluding hydrogens is 542 g/mol. The number of nitrogens with two attached hydrogens (primary N) is 2. The largest absolute Gasteiger partial charge is 0.379 e. The minimum atomic E-state index is -0.304. The van der Waals surface area contributed by atoms with Crippen LogP contribution in [-0.4, -0.2) is 37.5 Å². The van der Waals surface area contributed by atoms with Gasteiger partial charge in [0.1, 0.15) is 5.65 Å². The Labute approximate surface area is 252 Å². The Bertz CT molecular complexity index is 1570. The monoisotopic (exact) mass is 585 g/mol. The van der Waals surface area contributed by atoms with Crippen LogP contribution in [0, 0.1) is 5.41 Å². The Morgan fingerprint density at radius 3 is 2.69 bits per heavy atom. The quantitative estimate of drug-likeness (QED) is 0.111. The molecule has 1 aliphatic rings. The number of benzene rings is 2. The van der Waals surface area contributed by atoms with Crippen molar-refractivity contribution in [2.75, 3.05) is 5.75 Å². The van der Waals surface area contributed by atoms with Gasteiger partial charge in [-0.15, -0.1) is 0 Å². The van der Waals surface area contributed by atoms with Crippen molar-refractivity contribution in [2.24, 2.45) is 11.5 Å². The maximum absolute atomic E-state index is 13.1. The highest BCUT2D eigenvalue weighted by atomic mass is 32.2. The van der Waals surface area contributed by atoms with Crippen molar-refractivity contribution in [3.63, 3.8) is 0 Å². The number of piperidine rings is 1. The van der Waals surface area contributed by atoms with Gasteiger partial charge in [-0.1, -0.05) is 43.3 Å². The zero-order valence-electron chi connectivity index (χ0n) is 24.7. The topological polar surface area (TPSA) is 139 Å². The molecule has 1 saturated heterocycles. The second-order valence-electron chi connectivity index (χ2n) is 11.6. The summed E-state index contributed by atoms with van der Waals surface area (Å²) in [6, 6.07) is 18.0. The summed E-state index contributed by atoms with van der Waals surface area (Å²) < 4.78 is 1.63. The van der Waals surface area contributed by atoms with Crippen LogP contribution in [0.4, 0.5) is 0 Å². The van der Waals surface area contributed by atoms with Crippen LogP contribution >= 0.6 is 11.8 Å². The van der Waals surface area contributed by atoms with Gasteiger partial charge in [0.15, 0.2) is 5.17 Å². The summed E-state index contributed by atoms with van der Waals surface area (Å²) >= 11 is 1.41. The van der Waals surface area contributed by atoms with Crippen molar-refractivity contribution in [3.05, 3.63) is 81.9 Å². The first kappa shape index (κ1) is 30.1. The highest BCUT2D eigenvalue weighted by molar-refractivity contribution is 8.13. The van der Waals surface area contributed by atoms with Gasteiger partial charge in [0, 0.05) is 41.2 Å². The molecule has 2 aromatic carbocycles. The molecule has 3 heterocycles. The number of aromatic nitrogens is 3. The van der Waals surface area contributed by atoms with E-state index >= 15 is 0 Å². The standard InChI is InChI=1S/C33H43N7OS/c1-3-22-16-23(7-4-6-21(2)34)18-25(17-22)30-19-26-20-40(33(41)39-31(26)38-30)28-12-10-24(11-13-28)29-9-5-8-27(37-29)14-15-42-32(35)36/h10-13,16-21,27,29,37H,3-9,14-15,34H2,1-2H3,(H3,35,36)(H,38,39,41)/t21-,27-,29-/m0/s1. The molecule has 0 unspecified atom stereocenters. The number of aromatic amines is 1. The number of nitrogens with one attached hydrogen (secondary N) is 3. The fraction of sp³-hybridized carbons (Fsp3) is 0.424. The van der Waals surface area contributed by atoms with Crippen molar-refractivity contribution >= 4 is 28.0 Å². The number of H-pyrrole nitrogens is 1. The van der Waals surface area contributed by atoms with Gasteiger partial charge in [-0.3, -0.25) is 9.98 Å². The molecular formula is C33H43N7OS. The van der Waals surface area contributed by atoms with Gasteiger partial charge in [-0.25, -0.2) is 4.79 Å². The molecule has 2 aromatic heterocycles. The number of hydrogen-bond acceptors (Lipinski definition) is 6. The zero-order valence-corrected chi connectivity index (χ0v) is 25.5. The van der Waals surface area contributed by atoms with Crippen LogP contribution in [0.25, 0.3) is 28.0 Å². The average Bonchev–Trinajstić information content (AvgIpc) is 3.39. The third-order valence-electron chi connectivity index (χ3n) is 8.18. The number of nitrogens with zero attached hydrogens (tertiary/aromatic N) is 2. The molecule has 0 saturated carbocycles. The number of aryl methyl sites for hydroxylation is 2. The third kappa shape index (κ3) is 7.51. The molecule has 9 heteroatoms. The summed E-state index contributed by atoms with van der Waals surface area (Å²) in [5.74, 6) is 0.858. The molecule has 0 spiro atoms. The maximum Gasteiger partial charge on any atom is 0.354 e. The maximum atomic E-state index is 13.1. The zero-order chi connectivity index (χ0) is 29.6. The Morgan fingerprint density at radius 2 is 1.95 bits per heavy atom. The van der Waals surface area contributed by atoms with E-state index in [0.717, 1.165) is 73.0 Å². The van der Waals surface area contributed by atoms with Crippen molar-refractivity contribution in [2.45, 2.75) is 83.3 Å². The number of rotatable bonds is 11. The highest BCUT2D eigenvalue weighted by Crippen LogP contribution is 2.29. The summed E-state index contributed by atoms with van der Waals surface area (Å²) in [5, 5.41) is 12.3. The van der Waals surface area contributed by atoms with Crippen LogP contribution in [0.5, 0.6) is 0 Å². The summed E-state index contributed by atoms with van der Waals surface area (Å²) in [6.07, 6.45) is 10.3. The second-order valence-corrected chi connectivity index (χ2v) is 12.7. The lowest BCUT2D eigenvalue weighted by atomic mass is 9.92. The molecule has 5 rings (SSSR count). The summed E-state index contributed by atoms with van der Waals surface area (Å²) in [4.78, 5) is 20.9. The number of hydrogen-bond donors (Lipinski definition) is 5. The number of amidine groups is 1. The first-order valence-electron chi connectivity index (χ1n) is 15.1. The van der Waals surface area contributed by atoms with Gasteiger partial charge in [0.05, 0.1) is 5.69 Å². The smallest absolute Gasteiger partial charge is 0.354 e. The van der Waals surface area contributed by atoms with Gasteiger partial charge < -0.3 is 21.8 Å². The molecule has 3 atom stereocenters. The lowest BCUT2D eigenvalue weighted by Gasteiger charge is -2.31. The van der Waals surface area contributed by atoms with E-state index in [4.69, 9.17) is 16.9 Å². The van der Waals surface area contributed by atoms with Gasteiger partial charge in [-0.2, -0.15) is 4.98 Å². The molecule has 8 nitrogen and oxygen atoms in total. The van der Waals surface area contributed by atoms with Crippen molar-refractivity contribution in [1.29, 1.82) is 5.41 Å². The number of thioether (sulfide) groups is 1. The lowest BCUT2D eigenvalue weighted by molar-refractivity contribution is 0.320. The molecule has 7 N–H and O–H groups in total. The van der Waals surface area contributed by atoms with E-state index in [0.29, 0.717) is 11.7 Å². The average molecular weight is 586 g/mol. The third-order valence-corrected chi connectivity index (χ3v) is 8.94. The van der Waals surface area contributed by atoms with Crippen molar-refractivity contribution in [1.82, 2.24) is 19.9 Å². The fourth-order valence-corrected chi connectivity index (χ4v) is 6.54. The van der Waals surface area contributed by atoms with Gasteiger partial charge in [0.25, 0.3) is 0 Å². The van der Waals surface area contributed by atoms with E-state index in [9.17, 15) is 4.79 Å². The molecule has 1 fully saturated rings. The second kappa shape index (κ2) is 13.7. The molecule has 222 valence electrons. The SMILES string of the molecule is CCc1cc(CCC[C@H](C)N)cc(-c2cc3cn(-c4ccc([C@@H]5CCC[C@@H](CCSC(=N)N)N5)cc4)c(=O)nc3[nH]2)c1. The van der Waals surface area contributed by atoms with Gasteiger partial charge in [-0.05, 0) is 104 Å². The predicted octanol–water partition coefficient (Wildman–Crippen LogP) is 5.81. The molecule has 0 aliphatic carbocycles. The van der Waals surface area contributed by atoms with Crippen LogP contribution in [0.15, 0.2) is 59.5 Å². The van der Waals surface area contributed by atoms with Crippen LogP contribution < -0.4 is 22.5 Å². The van der Waals surface area contributed by atoms with E-state index < -0.39 is 0 Å². The number of fused-ring (bicyclic) bond motifs is 1. The van der Waals surface area contributed by atoms with Gasteiger partial charge in [0.2, 0.25) is 0 Å². The first-order chi connectivity index (χ1) is 20.3. The minimum absolute atomic E-state index is 0.181. The van der Waals surface area contributed by atoms with Crippen molar-refractivity contribution < 1.29 is 0 Å². The van der Waals surface area contributed by atoms with E-state index in [1.54, 1.807) is 4.57 Å². The molecule has 1 aliphatic heterocycles. The summed E-state index contributed by atoms with van der Waals surface area (Å²) in [6.45, 7) is 4.23. The highest BCUT2D eigenvalue weighted by Gasteiger charge is 2.22. The molecule has 0 bridgehead atoms. The normalized spacial score (nSPS) is 17.9. The van der Waals surface area contributed by atoms with E-state index in [-0.39, 0.29) is 22.9 Å². The molecule has 0 amide bonds. The predicted molar refractivity (Wildman–Crippen MR) is 176 cm³/mol. The minimum Gasteiger partial charge on any atom is -0.379 e. The van der Waals surface area contributed by atoms with Crippen LogP contribution in [0.2, 0.25) is 0 Å². The van der Waals surface area contributed by atoms with Crippen LogP contribution in [0.3, 0.4) is 0 Å². The fourth-order valence-electron chi connectivity index (χ4n) is 5.92.